The SMILES string of the molecule is O=C1C=C2CCNCC2(CC2=CC=C=C(Br)C=C2)CC1. The summed E-state index contributed by atoms with van der Waals surface area (Å²) in [5.74, 6) is 0.298. The lowest BCUT2D eigenvalue weighted by atomic mass is 9.66. The fourth-order valence-corrected chi connectivity index (χ4v) is 3.58. The minimum Gasteiger partial charge on any atom is -0.316 e. The Hall–Kier alpha value is -1.15. The van der Waals surface area contributed by atoms with Crippen LogP contribution in [0.4, 0.5) is 0 Å². The van der Waals surface area contributed by atoms with Crippen LogP contribution in [-0.2, 0) is 4.79 Å². The first-order valence-electron chi connectivity index (χ1n) is 7.12. The van der Waals surface area contributed by atoms with E-state index in [4.69, 9.17) is 0 Å². The largest absolute Gasteiger partial charge is 0.316 e. The van der Waals surface area contributed by atoms with Gasteiger partial charge in [-0.2, -0.15) is 0 Å². The molecule has 2 aliphatic carbocycles. The van der Waals surface area contributed by atoms with Crippen LogP contribution in [0, 0.1) is 5.41 Å². The van der Waals surface area contributed by atoms with E-state index in [1.165, 1.54) is 11.1 Å². The summed E-state index contributed by atoms with van der Waals surface area (Å²) in [6, 6.07) is 0. The van der Waals surface area contributed by atoms with Gasteiger partial charge in [0.05, 0.1) is 4.48 Å². The molecule has 1 aliphatic heterocycles. The average Bonchev–Trinajstić information content (AvgIpc) is 2.64. The van der Waals surface area contributed by atoms with Crippen molar-refractivity contribution in [1.29, 1.82) is 0 Å². The number of hydrogen-bond acceptors (Lipinski definition) is 2. The minimum absolute atomic E-state index is 0.132. The molecule has 0 aromatic rings. The molecule has 1 heterocycles. The fourth-order valence-electron chi connectivity index (χ4n) is 3.32. The standard InChI is InChI=1S/C17H18BrNO/c18-15-3-1-2-13(4-5-15)11-17-8-6-16(20)10-14(17)7-9-19-12-17/h1-2,4-5,10,19H,6-9,11-12H2. The van der Waals surface area contributed by atoms with E-state index in [0.29, 0.717) is 12.2 Å². The minimum atomic E-state index is 0.132. The molecule has 104 valence electrons. The van der Waals surface area contributed by atoms with Gasteiger partial charge in [0.1, 0.15) is 0 Å². The summed E-state index contributed by atoms with van der Waals surface area (Å²) in [6.45, 7) is 1.97. The molecule has 20 heavy (non-hydrogen) atoms. The first-order valence-corrected chi connectivity index (χ1v) is 7.91. The number of allylic oxidation sites excluding steroid dienone is 6. The Morgan fingerprint density at radius 1 is 1.35 bits per heavy atom. The Kier molecular flexibility index (Phi) is 3.93. The van der Waals surface area contributed by atoms with Gasteiger partial charge in [-0.15, -0.1) is 5.73 Å². The van der Waals surface area contributed by atoms with Crippen LogP contribution < -0.4 is 5.32 Å². The molecule has 0 saturated carbocycles. The molecule has 1 atom stereocenters. The maximum atomic E-state index is 11.7. The van der Waals surface area contributed by atoms with Crippen LogP contribution in [0.1, 0.15) is 25.7 Å². The van der Waals surface area contributed by atoms with E-state index >= 15 is 0 Å². The maximum Gasteiger partial charge on any atom is 0.155 e. The van der Waals surface area contributed by atoms with Crippen molar-refractivity contribution >= 4 is 21.7 Å². The Balaban J connectivity index is 1.86. The lowest BCUT2D eigenvalue weighted by Gasteiger charge is -2.42. The Labute approximate surface area is 128 Å². The lowest BCUT2D eigenvalue weighted by Crippen LogP contribution is -2.44. The average molecular weight is 332 g/mol. The number of fused-ring (bicyclic) bond motifs is 1. The van der Waals surface area contributed by atoms with Gasteiger partial charge in [-0.1, -0.05) is 17.7 Å². The monoisotopic (exact) mass is 331 g/mol. The number of nitrogens with one attached hydrogen (secondary N) is 1. The summed E-state index contributed by atoms with van der Waals surface area (Å²) in [4.78, 5) is 11.7. The van der Waals surface area contributed by atoms with E-state index in [1.54, 1.807) is 0 Å². The topological polar surface area (TPSA) is 29.1 Å². The highest BCUT2D eigenvalue weighted by atomic mass is 79.9. The van der Waals surface area contributed by atoms with Crippen LogP contribution in [0.25, 0.3) is 0 Å². The highest BCUT2D eigenvalue weighted by molar-refractivity contribution is 9.11. The quantitative estimate of drug-likeness (QED) is 0.783. The summed E-state index contributed by atoms with van der Waals surface area (Å²) in [7, 11) is 0. The summed E-state index contributed by atoms with van der Waals surface area (Å²) < 4.78 is 0.970. The molecule has 0 spiro atoms. The van der Waals surface area contributed by atoms with Crippen molar-refractivity contribution in [2.75, 3.05) is 13.1 Å². The van der Waals surface area contributed by atoms with E-state index in [0.717, 1.165) is 36.8 Å². The molecule has 1 saturated heterocycles. The third kappa shape index (κ3) is 2.80. The maximum absolute atomic E-state index is 11.7. The molecular weight excluding hydrogens is 314 g/mol. The molecule has 2 nitrogen and oxygen atoms in total. The van der Waals surface area contributed by atoms with Crippen molar-refractivity contribution in [2.24, 2.45) is 5.41 Å². The zero-order valence-corrected chi connectivity index (χ0v) is 13.0. The smallest absolute Gasteiger partial charge is 0.155 e. The number of carbonyl (C=O) groups excluding carboxylic acids is 1. The van der Waals surface area contributed by atoms with Crippen molar-refractivity contribution in [3.63, 3.8) is 0 Å². The molecule has 1 N–H and O–H groups in total. The van der Waals surface area contributed by atoms with Gasteiger partial charge in [-0.05, 0) is 65.5 Å². The third-order valence-electron chi connectivity index (χ3n) is 4.41. The molecule has 0 aromatic heterocycles. The van der Waals surface area contributed by atoms with Gasteiger partial charge in [0, 0.05) is 18.4 Å². The number of hydrogen-bond donors (Lipinski definition) is 1. The molecule has 1 fully saturated rings. The molecule has 0 amide bonds. The van der Waals surface area contributed by atoms with Gasteiger partial charge in [0.25, 0.3) is 0 Å². The van der Waals surface area contributed by atoms with E-state index in [-0.39, 0.29) is 5.41 Å². The summed E-state index contributed by atoms with van der Waals surface area (Å²) >= 11 is 3.45. The highest BCUT2D eigenvalue weighted by Crippen LogP contribution is 2.44. The molecular formula is C17H18BrNO. The predicted molar refractivity (Wildman–Crippen MR) is 84.6 cm³/mol. The third-order valence-corrected chi connectivity index (χ3v) is 4.90. The second-order valence-corrected chi connectivity index (χ2v) is 6.61. The van der Waals surface area contributed by atoms with E-state index in [9.17, 15) is 4.79 Å². The molecule has 3 aliphatic rings. The van der Waals surface area contributed by atoms with Crippen molar-refractivity contribution in [3.05, 3.63) is 51.7 Å². The van der Waals surface area contributed by atoms with Gasteiger partial charge in [-0.3, -0.25) is 4.79 Å². The predicted octanol–water partition coefficient (Wildman–Crippen LogP) is 3.58. The highest BCUT2D eigenvalue weighted by Gasteiger charge is 2.39. The van der Waals surface area contributed by atoms with Crippen LogP contribution in [-0.4, -0.2) is 18.9 Å². The van der Waals surface area contributed by atoms with Crippen molar-refractivity contribution in [2.45, 2.75) is 25.7 Å². The van der Waals surface area contributed by atoms with Crippen molar-refractivity contribution < 1.29 is 4.79 Å². The number of carbonyl (C=O) groups is 1. The van der Waals surface area contributed by atoms with Gasteiger partial charge in [-0.25, -0.2) is 0 Å². The number of halogens is 1. The van der Waals surface area contributed by atoms with E-state index in [2.05, 4.69) is 39.1 Å². The molecule has 0 bridgehead atoms. The van der Waals surface area contributed by atoms with Crippen LogP contribution in [0.3, 0.4) is 0 Å². The zero-order chi connectivity index (χ0) is 14.0. The van der Waals surface area contributed by atoms with Gasteiger partial charge >= 0.3 is 0 Å². The van der Waals surface area contributed by atoms with Gasteiger partial charge < -0.3 is 5.32 Å². The fraction of sp³-hybridized carbons (Fsp3) is 0.412. The summed E-state index contributed by atoms with van der Waals surface area (Å²) in [5.41, 5.74) is 5.93. The normalized spacial score (nSPS) is 29.2. The molecule has 0 radical (unpaired) electrons. The number of rotatable bonds is 2. The molecule has 3 rings (SSSR count). The van der Waals surface area contributed by atoms with E-state index < -0.39 is 0 Å². The van der Waals surface area contributed by atoms with Crippen LogP contribution >= 0.6 is 15.9 Å². The lowest BCUT2D eigenvalue weighted by molar-refractivity contribution is -0.115. The first kappa shape index (κ1) is 13.8. The van der Waals surface area contributed by atoms with Crippen molar-refractivity contribution in [3.8, 4) is 0 Å². The van der Waals surface area contributed by atoms with Crippen LogP contribution in [0.2, 0.25) is 0 Å². The summed E-state index contributed by atoms with van der Waals surface area (Å²) in [6.07, 6.45) is 13.8. The Morgan fingerprint density at radius 3 is 3.15 bits per heavy atom. The molecule has 1 unspecified atom stereocenters. The summed E-state index contributed by atoms with van der Waals surface area (Å²) in [5, 5.41) is 3.51. The Morgan fingerprint density at radius 2 is 2.25 bits per heavy atom. The van der Waals surface area contributed by atoms with Crippen LogP contribution in [0.15, 0.2) is 51.7 Å². The van der Waals surface area contributed by atoms with E-state index in [1.807, 2.05) is 18.2 Å². The Bertz CT molecular complexity index is 590. The number of ketones is 1. The first-order chi connectivity index (χ1) is 9.68. The number of piperidine rings is 1. The van der Waals surface area contributed by atoms with Gasteiger partial charge in [0.15, 0.2) is 5.78 Å². The van der Waals surface area contributed by atoms with Gasteiger partial charge in [0.2, 0.25) is 0 Å². The molecule has 0 aromatic carbocycles. The second kappa shape index (κ2) is 5.69. The van der Waals surface area contributed by atoms with Crippen molar-refractivity contribution in [1.82, 2.24) is 5.32 Å². The zero-order valence-electron chi connectivity index (χ0n) is 11.4. The second-order valence-electron chi connectivity index (χ2n) is 5.75. The molecule has 3 heteroatoms. The van der Waals surface area contributed by atoms with Crippen LogP contribution in [0.5, 0.6) is 0 Å².